The summed E-state index contributed by atoms with van der Waals surface area (Å²) in [6, 6.07) is 14.1. The van der Waals surface area contributed by atoms with Crippen molar-refractivity contribution in [2.45, 2.75) is 43.9 Å². The van der Waals surface area contributed by atoms with Gasteiger partial charge in [0.15, 0.2) is 0 Å². The van der Waals surface area contributed by atoms with E-state index in [0.29, 0.717) is 31.8 Å². The van der Waals surface area contributed by atoms with Crippen LogP contribution in [0.25, 0.3) is 0 Å². The van der Waals surface area contributed by atoms with Gasteiger partial charge in [-0.3, -0.25) is 4.79 Å². The van der Waals surface area contributed by atoms with E-state index in [4.69, 9.17) is 4.74 Å². The second-order valence-electron chi connectivity index (χ2n) is 8.49. The maximum absolute atomic E-state index is 12.7. The number of para-hydroxylation sites is 1. The lowest BCUT2D eigenvalue weighted by Crippen LogP contribution is -2.30. The van der Waals surface area contributed by atoms with E-state index < -0.39 is 10.0 Å². The Morgan fingerprint density at radius 2 is 1.77 bits per heavy atom. The van der Waals surface area contributed by atoms with Crippen LogP contribution in [-0.4, -0.2) is 44.9 Å². The van der Waals surface area contributed by atoms with Crippen LogP contribution in [0.15, 0.2) is 53.4 Å². The van der Waals surface area contributed by atoms with Gasteiger partial charge in [-0.05, 0) is 48.1 Å². The van der Waals surface area contributed by atoms with Crippen LogP contribution in [0, 0.1) is 0 Å². The topological polar surface area (TPSA) is 75.7 Å². The first-order chi connectivity index (χ1) is 14.2. The molecule has 7 heteroatoms. The van der Waals surface area contributed by atoms with Crippen LogP contribution in [0.3, 0.4) is 0 Å². The molecule has 1 fully saturated rings. The Labute approximate surface area is 179 Å². The van der Waals surface area contributed by atoms with Gasteiger partial charge in [-0.15, -0.1) is 0 Å². The summed E-state index contributed by atoms with van der Waals surface area (Å²) >= 11 is 0. The molecule has 0 atom stereocenters. The highest BCUT2D eigenvalue weighted by Gasteiger charge is 2.27. The average molecular weight is 431 g/mol. The Balaban J connectivity index is 1.59. The van der Waals surface area contributed by atoms with Gasteiger partial charge in [0.05, 0.1) is 11.4 Å². The normalized spacial score (nSPS) is 15.2. The zero-order valence-electron chi connectivity index (χ0n) is 17.8. The predicted molar refractivity (Wildman–Crippen MR) is 117 cm³/mol. The molecule has 1 N–H and O–H groups in total. The maximum Gasteiger partial charge on any atom is 0.251 e. The van der Waals surface area contributed by atoms with E-state index in [0.717, 1.165) is 24.2 Å². The molecule has 162 valence electrons. The van der Waals surface area contributed by atoms with Gasteiger partial charge in [-0.25, -0.2) is 8.42 Å². The molecule has 2 aromatic rings. The fraction of sp³-hybridized carbons (Fsp3) is 0.435. The molecule has 0 bridgehead atoms. The van der Waals surface area contributed by atoms with Crippen LogP contribution in [0.1, 0.15) is 49.5 Å². The number of carbonyl (C=O) groups excluding carboxylic acids is 1. The Bertz CT molecular complexity index is 990. The summed E-state index contributed by atoms with van der Waals surface area (Å²) in [5.41, 5.74) is 1.39. The number of sulfonamides is 1. The Kier molecular flexibility index (Phi) is 6.83. The van der Waals surface area contributed by atoms with Crippen molar-refractivity contribution in [2.24, 2.45) is 0 Å². The number of benzene rings is 2. The van der Waals surface area contributed by atoms with Crippen LogP contribution in [0.2, 0.25) is 0 Å². The van der Waals surface area contributed by atoms with E-state index >= 15 is 0 Å². The summed E-state index contributed by atoms with van der Waals surface area (Å²) in [5.74, 6) is 0.485. The summed E-state index contributed by atoms with van der Waals surface area (Å²) < 4.78 is 32.8. The highest BCUT2D eigenvalue weighted by Crippen LogP contribution is 2.30. The molecular formula is C23H30N2O4S. The molecule has 6 nitrogen and oxygen atoms in total. The molecule has 0 saturated carbocycles. The number of ether oxygens (including phenoxy) is 1. The third kappa shape index (κ3) is 5.21. The maximum atomic E-state index is 12.7. The number of carbonyl (C=O) groups is 1. The molecule has 1 amide bonds. The molecule has 3 rings (SSSR count). The van der Waals surface area contributed by atoms with Gasteiger partial charge < -0.3 is 10.1 Å². The smallest absolute Gasteiger partial charge is 0.251 e. The van der Waals surface area contributed by atoms with Crippen LogP contribution >= 0.6 is 0 Å². The van der Waals surface area contributed by atoms with Gasteiger partial charge in [-0.1, -0.05) is 45.0 Å². The standard InChI is InChI=1S/C23H30N2O4S/c1-23(2,3)20-11-4-5-12-21(20)29-16-13-24-22(26)18-9-8-10-19(17-18)30(27,28)25-14-6-7-15-25/h4-5,8-12,17H,6-7,13-16H2,1-3H3,(H,24,26). The molecule has 30 heavy (non-hydrogen) atoms. The van der Waals surface area contributed by atoms with Gasteiger partial charge in [0.25, 0.3) is 5.91 Å². The molecule has 0 radical (unpaired) electrons. The molecule has 0 unspecified atom stereocenters. The zero-order valence-corrected chi connectivity index (χ0v) is 18.7. The molecule has 0 aliphatic carbocycles. The van der Waals surface area contributed by atoms with Crippen LogP contribution < -0.4 is 10.1 Å². The highest BCUT2D eigenvalue weighted by atomic mass is 32.2. The fourth-order valence-corrected chi connectivity index (χ4v) is 5.08. The van der Waals surface area contributed by atoms with Gasteiger partial charge >= 0.3 is 0 Å². The third-order valence-electron chi connectivity index (χ3n) is 5.14. The van der Waals surface area contributed by atoms with Crippen molar-refractivity contribution in [3.05, 3.63) is 59.7 Å². The third-order valence-corrected chi connectivity index (χ3v) is 7.03. The lowest BCUT2D eigenvalue weighted by molar-refractivity contribution is 0.0946. The van der Waals surface area contributed by atoms with Gasteiger partial charge in [0.2, 0.25) is 10.0 Å². The van der Waals surface area contributed by atoms with Crippen LogP contribution in [0.5, 0.6) is 5.75 Å². The zero-order chi connectivity index (χ0) is 21.8. The molecule has 1 aliphatic heterocycles. The van der Waals surface area contributed by atoms with Crippen molar-refractivity contribution in [3.63, 3.8) is 0 Å². The molecule has 1 aliphatic rings. The van der Waals surface area contributed by atoms with E-state index in [1.165, 1.54) is 16.4 Å². The largest absolute Gasteiger partial charge is 0.491 e. The van der Waals surface area contributed by atoms with Gasteiger partial charge in [0, 0.05) is 18.7 Å². The van der Waals surface area contributed by atoms with E-state index in [1.807, 2.05) is 24.3 Å². The van der Waals surface area contributed by atoms with Gasteiger partial charge in [0.1, 0.15) is 12.4 Å². The summed E-state index contributed by atoms with van der Waals surface area (Å²) in [4.78, 5) is 12.7. The summed E-state index contributed by atoms with van der Waals surface area (Å²) in [7, 11) is -3.55. The van der Waals surface area contributed by atoms with Crippen LogP contribution in [0.4, 0.5) is 0 Å². The quantitative estimate of drug-likeness (QED) is 0.682. The first-order valence-electron chi connectivity index (χ1n) is 10.3. The monoisotopic (exact) mass is 430 g/mol. The van der Waals surface area contributed by atoms with Gasteiger partial charge in [-0.2, -0.15) is 4.31 Å². The van der Waals surface area contributed by atoms with E-state index in [1.54, 1.807) is 12.1 Å². The number of nitrogens with one attached hydrogen (secondary N) is 1. The second kappa shape index (κ2) is 9.18. The molecule has 2 aromatic carbocycles. The fourth-order valence-electron chi connectivity index (χ4n) is 3.52. The highest BCUT2D eigenvalue weighted by molar-refractivity contribution is 7.89. The number of hydrogen-bond acceptors (Lipinski definition) is 4. The number of hydrogen-bond donors (Lipinski definition) is 1. The van der Waals surface area contributed by atoms with Crippen molar-refractivity contribution in [3.8, 4) is 5.75 Å². The lowest BCUT2D eigenvalue weighted by Gasteiger charge is -2.22. The van der Waals surface area contributed by atoms with Crippen molar-refractivity contribution >= 4 is 15.9 Å². The van der Waals surface area contributed by atoms with E-state index in [9.17, 15) is 13.2 Å². The van der Waals surface area contributed by atoms with Crippen molar-refractivity contribution in [1.29, 1.82) is 0 Å². The number of nitrogens with zero attached hydrogens (tertiary/aromatic N) is 1. The number of amides is 1. The molecule has 0 spiro atoms. The van der Waals surface area contributed by atoms with Crippen molar-refractivity contribution in [2.75, 3.05) is 26.2 Å². The van der Waals surface area contributed by atoms with Crippen molar-refractivity contribution < 1.29 is 17.9 Å². The Morgan fingerprint density at radius 3 is 2.47 bits per heavy atom. The molecule has 1 saturated heterocycles. The summed E-state index contributed by atoms with van der Waals surface area (Å²) in [5, 5.41) is 2.80. The first kappa shape index (κ1) is 22.3. The number of rotatable bonds is 7. The minimum absolute atomic E-state index is 0.0406. The lowest BCUT2D eigenvalue weighted by atomic mass is 9.86. The summed E-state index contributed by atoms with van der Waals surface area (Å²) in [6.45, 7) is 8.09. The average Bonchev–Trinajstić information content (AvgIpc) is 3.26. The molecule has 0 aromatic heterocycles. The molecule has 1 heterocycles. The minimum atomic E-state index is -3.55. The second-order valence-corrected chi connectivity index (χ2v) is 10.4. The minimum Gasteiger partial charge on any atom is -0.491 e. The predicted octanol–water partition coefficient (Wildman–Crippen LogP) is 3.58. The first-order valence-corrected chi connectivity index (χ1v) is 11.7. The Hall–Kier alpha value is -2.38. The molecular weight excluding hydrogens is 400 g/mol. The summed E-state index contributed by atoms with van der Waals surface area (Å²) in [6.07, 6.45) is 1.75. The van der Waals surface area contributed by atoms with Crippen LogP contribution in [-0.2, 0) is 15.4 Å². The van der Waals surface area contributed by atoms with E-state index in [2.05, 4.69) is 26.1 Å². The Morgan fingerprint density at radius 1 is 1.07 bits per heavy atom. The van der Waals surface area contributed by atoms with E-state index in [-0.39, 0.29) is 16.2 Å². The van der Waals surface area contributed by atoms with Crippen molar-refractivity contribution in [1.82, 2.24) is 9.62 Å². The SMILES string of the molecule is CC(C)(C)c1ccccc1OCCNC(=O)c1cccc(S(=O)(=O)N2CCCC2)c1.